The first-order chi connectivity index (χ1) is 18.2. The number of carbonyl (C=O) groups is 1. The summed E-state index contributed by atoms with van der Waals surface area (Å²) in [6.45, 7) is 0. The van der Waals surface area contributed by atoms with E-state index in [-0.39, 0.29) is 11.8 Å². The average Bonchev–Trinajstić information content (AvgIpc) is 2.95. The van der Waals surface area contributed by atoms with E-state index in [1.54, 1.807) is 12.3 Å². The first-order valence-corrected chi connectivity index (χ1v) is 12.5. The van der Waals surface area contributed by atoms with Crippen LogP contribution < -0.4 is 5.32 Å². The SMILES string of the molecule is N#CCC(CCC(C#Cc1ccccc1)(C(=O)Nc1ccccn1)c1ccccc1)Cc1ccccc1. The monoisotopic (exact) mass is 483 g/mol. The van der Waals surface area contributed by atoms with Gasteiger partial charge in [-0.1, -0.05) is 96.8 Å². The van der Waals surface area contributed by atoms with Crippen LogP contribution in [0.5, 0.6) is 0 Å². The summed E-state index contributed by atoms with van der Waals surface area (Å²) in [4.78, 5) is 18.4. The molecule has 4 aromatic rings. The maximum absolute atomic E-state index is 14.1. The number of anilines is 1. The maximum Gasteiger partial charge on any atom is 0.248 e. The highest BCUT2D eigenvalue weighted by molar-refractivity contribution is 6.01. The molecule has 2 unspecified atom stereocenters. The van der Waals surface area contributed by atoms with Crippen LogP contribution in [0, 0.1) is 29.1 Å². The molecule has 4 heteroatoms. The standard InChI is InChI=1S/C33H29N3O/c34-24-21-29(26-28-14-6-2-7-15-28)20-23-33(30-16-8-3-9-17-30,22-19-27-12-4-1-5-13-27)32(37)36-31-18-10-11-25-35-31/h1-18,25,29H,20-21,23,26H2,(H,35,36,37). The highest BCUT2D eigenvalue weighted by Crippen LogP contribution is 2.34. The predicted octanol–water partition coefficient (Wildman–Crippen LogP) is 6.56. The lowest BCUT2D eigenvalue weighted by atomic mass is 9.73. The van der Waals surface area contributed by atoms with Gasteiger partial charge in [0.2, 0.25) is 5.91 Å². The lowest BCUT2D eigenvalue weighted by Gasteiger charge is -2.29. The van der Waals surface area contributed by atoms with Crippen LogP contribution in [0.4, 0.5) is 5.82 Å². The Kier molecular flexibility index (Phi) is 8.84. The molecule has 0 aliphatic rings. The molecule has 37 heavy (non-hydrogen) atoms. The predicted molar refractivity (Wildman–Crippen MR) is 147 cm³/mol. The van der Waals surface area contributed by atoms with Crippen molar-refractivity contribution in [2.45, 2.75) is 31.1 Å². The summed E-state index contributed by atoms with van der Waals surface area (Å²) in [6.07, 6.45) is 3.96. The number of amides is 1. The third-order valence-electron chi connectivity index (χ3n) is 6.43. The summed E-state index contributed by atoms with van der Waals surface area (Å²) in [5.41, 5.74) is 1.72. The summed E-state index contributed by atoms with van der Waals surface area (Å²) < 4.78 is 0. The van der Waals surface area contributed by atoms with Crippen molar-refractivity contribution in [2.24, 2.45) is 5.92 Å². The molecule has 1 N–H and O–H groups in total. The molecule has 1 heterocycles. The Morgan fingerprint density at radius 3 is 2.16 bits per heavy atom. The Morgan fingerprint density at radius 1 is 0.865 bits per heavy atom. The van der Waals surface area contributed by atoms with Crippen molar-refractivity contribution in [1.29, 1.82) is 5.26 Å². The van der Waals surface area contributed by atoms with Crippen molar-refractivity contribution in [3.63, 3.8) is 0 Å². The number of benzene rings is 3. The van der Waals surface area contributed by atoms with Crippen LogP contribution in [0.15, 0.2) is 115 Å². The molecule has 1 aromatic heterocycles. The third-order valence-corrected chi connectivity index (χ3v) is 6.43. The minimum atomic E-state index is -1.13. The Labute approximate surface area is 219 Å². The molecule has 0 saturated heterocycles. The van der Waals surface area contributed by atoms with Crippen molar-refractivity contribution in [3.8, 4) is 17.9 Å². The van der Waals surface area contributed by atoms with Gasteiger partial charge in [-0.15, -0.1) is 0 Å². The molecule has 0 aliphatic carbocycles. The molecule has 3 aromatic carbocycles. The van der Waals surface area contributed by atoms with Gasteiger partial charge in [0, 0.05) is 18.2 Å². The Hall–Kier alpha value is -4.67. The first kappa shape index (κ1) is 25.4. The minimum Gasteiger partial charge on any atom is -0.309 e. The van der Waals surface area contributed by atoms with Crippen LogP contribution in [0.3, 0.4) is 0 Å². The van der Waals surface area contributed by atoms with Gasteiger partial charge in [-0.3, -0.25) is 4.79 Å². The molecule has 0 spiro atoms. The van der Waals surface area contributed by atoms with Crippen LogP contribution in [-0.4, -0.2) is 10.9 Å². The summed E-state index contributed by atoms with van der Waals surface area (Å²) in [5, 5.41) is 12.6. The van der Waals surface area contributed by atoms with Gasteiger partial charge < -0.3 is 5.32 Å². The van der Waals surface area contributed by atoms with E-state index in [0.29, 0.717) is 25.1 Å². The topological polar surface area (TPSA) is 65.8 Å². The zero-order valence-electron chi connectivity index (χ0n) is 20.7. The van der Waals surface area contributed by atoms with E-state index in [0.717, 1.165) is 17.5 Å². The maximum atomic E-state index is 14.1. The lowest BCUT2D eigenvalue weighted by molar-refractivity contribution is -0.120. The Morgan fingerprint density at radius 2 is 1.51 bits per heavy atom. The van der Waals surface area contributed by atoms with E-state index in [4.69, 9.17) is 0 Å². The van der Waals surface area contributed by atoms with Gasteiger partial charge in [-0.05, 0) is 60.6 Å². The van der Waals surface area contributed by atoms with E-state index in [1.165, 1.54) is 5.56 Å². The molecule has 0 bridgehead atoms. The van der Waals surface area contributed by atoms with Gasteiger partial charge in [0.1, 0.15) is 11.2 Å². The summed E-state index contributed by atoms with van der Waals surface area (Å²) in [7, 11) is 0. The highest BCUT2D eigenvalue weighted by atomic mass is 16.2. The number of nitriles is 1. The van der Waals surface area contributed by atoms with Crippen molar-refractivity contribution >= 4 is 11.7 Å². The average molecular weight is 484 g/mol. The molecule has 4 rings (SSSR count). The zero-order chi connectivity index (χ0) is 25.8. The van der Waals surface area contributed by atoms with Crippen molar-refractivity contribution in [2.75, 3.05) is 5.32 Å². The molecule has 4 nitrogen and oxygen atoms in total. The summed E-state index contributed by atoms with van der Waals surface area (Å²) >= 11 is 0. The molecular weight excluding hydrogens is 454 g/mol. The second-order valence-electron chi connectivity index (χ2n) is 9.01. The largest absolute Gasteiger partial charge is 0.309 e. The van der Waals surface area contributed by atoms with Gasteiger partial charge in [0.15, 0.2) is 0 Å². The number of carbonyl (C=O) groups excluding carboxylic acids is 1. The lowest BCUT2D eigenvalue weighted by Crippen LogP contribution is -2.40. The van der Waals surface area contributed by atoms with E-state index in [1.807, 2.05) is 91.0 Å². The second kappa shape index (κ2) is 12.9. The Bertz CT molecular complexity index is 1370. The third kappa shape index (κ3) is 6.94. The van der Waals surface area contributed by atoms with Crippen molar-refractivity contribution < 1.29 is 4.79 Å². The molecule has 1 amide bonds. The first-order valence-electron chi connectivity index (χ1n) is 12.5. The van der Waals surface area contributed by atoms with Gasteiger partial charge in [-0.25, -0.2) is 4.98 Å². The normalized spacial score (nSPS) is 12.7. The van der Waals surface area contributed by atoms with Crippen LogP contribution in [0.25, 0.3) is 0 Å². The van der Waals surface area contributed by atoms with E-state index < -0.39 is 5.41 Å². The van der Waals surface area contributed by atoms with Crippen LogP contribution in [0.1, 0.15) is 36.0 Å². The van der Waals surface area contributed by atoms with Gasteiger partial charge in [0.25, 0.3) is 0 Å². The number of hydrogen-bond acceptors (Lipinski definition) is 3. The van der Waals surface area contributed by atoms with Crippen molar-refractivity contribution in [3.05, 3.63) is 132 Å². The number of nitrogens with zero attached hydrogens (tertiary/aromatic N) is 2. The number of nitrogens with one attached hydrogen (secondary N) is 1. The zero-order valence-corrected chi connectivity index (χ0v) is 20.7. The number of rotatable bonds is 9. The molecule has 2 atom stereocenters. The number of pyridine rings is 1. The molecule has 0 radical (unpaired) electrons. The van der Waals surface area contributed by atoms with E-state index in [9.17, 15) is 10.1 Å². The molecule has 0 aliphatic heterocycles. The molecule has 182 valence electrons. The van der Waals surface area contributed by atoms with Gasteiger partial charge in [0.05, 0.1) is 6.07 Å². The van der Waals surface area contributed by atoms with E-state index in [2.05, 4.69) is 40.3 Å². The smallest absolute Gasteiger partial charge is 0.248 e. The van der Waals surface area contributed by atoms with Gasteiger partial charge >= 0.3 is 0 Å². The van der Waals surface area contributed by atoms with Crippen LogP contribution in [-0.2, 0) is 16.6 Å². The molecular formula is C33H29N3O. The van der Waals surface area contributed by atoms with E-state index >= 15 is 0 Å². The summed E-state index contributed by atoms with van der Waals surface area (Å²) in [6, 6.07) is 37.3. The van der Waals surface area contributed by atoms with Crippen molar-refractivity contribution in [1.82, 2.24) is 4.98 Å². The van der Waals surface area contributed by atoms with Crippen LogP contribution >= 0.6 is 0 Å². The fourth-order valence-corrected chi connectivity index (χ4v) is 4.44. The number of aromatic nitrogens is 1. The highest BCUT2D eigenvalue weighted by Gasteiger charge is 2.39. The number of hydrogen-bond donors (Lipinski definition) is 1. The summed E-state index contributed by atoms with van der Waals surface area (Å²) in [5.74, 6) is 6.98. The van der Waals surface area contributed by atoms with Gasteiger partial charge in [-0.2, -0.15) is 5.26 Å². The fraction of sp³-hybridized carbons (Fsp3) is 0.182. The fourth-order valence-electron chi connectivity index (χ4n) is 4.44. The Balaban J connectivity index is 1.73. The molecule has 0 saturated carbocycles. The second-order valence-corrected chi connectivity index (χ2v) is 9.01. The molecule has 0 fully saturated rings. The van der Waals surface area contributed by atoms with Crippen LogP contribution in [0.2, 0.25) is 0 Å². The quantitative estimate of drug-likeness (QED) is 0.274. The minimum absolute atomic E-state index is 0.0941.